The fourth-order valence-corrected chi connectivity index (χ4v) is 2.08. The fraction of sp³-hybridized carbons (Fsp3) is 1.00. The summed E-state index contributed by atoms with van der Waals surface area (Å²) in [7, 11) is 0. The molecule has 0 spiro atoms. The lowest BCUT2D eigenvalue weighted by atomic mass is 10.1. The Kier molecular flexibility index (Phi) is 7.06. The summed E-state index contributed by atoms with van der Waals surface area (Å²) >= 11 is 0. The van der Waals surface area contributed by atoms with Crippen molar-refractivity contribution in [2.75, 3.05) is 13.2 Å². The summed E-state index contributed by atoms with van der Waals surface area (Å²) < 4.78 is 5.87. The zero-order valence-electron chi connectivity index (χ0n) is 9.34. The Hall–Kier alpha value is -0.0800. The molecule has 0 aromatic carbocycles. The minimum atomic E-state index is 0.565. The van der Waals surface area contributed by atoms with Gasteiger partial charge in [-0.15, -0.1) is 0 Å². The molecule has 14 heavy (non-hydrogen) atoms. The van der Waals surface area contributed by atoms with Gasteiger partial charge in [0.05, 0.1) is 6.10 Å². The van der Waals surface area contributed by atoms with Crippen molar-refractivity contribution >= 4 is 0 Å². The van der Waals surface area contributed by atoms with Gasteiger partial charge >= 0.3 is 0 Å². The normalized spacial score (nSPS) is 19.5. The molecule has 0 aromatic heterocycles. The lowest BCUT2D eigenvalue weighted by molar-refractivity contribution is 0.0409. The van der Waals surface area contributed by atoms with Crippen molar-refractivity contribution < 1.29 is 4.74 Å². The van der Waals surface area contributed by atoms with E-state index in [4.69, 9.17) is 10.5 Å². The predicted octanol–water partition coefficient (Wildman–Crippen LogP) is 2.85. The Labute approximate surface area is 88.2 Å². The number of hydrogen-bond acceptors (Lipinski definition) is 2. The minimum absolute atomic E-state index is 0.565. The molecule has 0 bridgehead atoms. The van der Waals surface area contributed by atoms with Crippen molar-refractivity contribution in [2.45, 2.75) is 63.9 Å². The molecule has 1 aliphatic rings. The molecule has 1 saturated carbocycles. The molecule has 2 heteroatoms. The highest BCUT2D eigenvalue weighted by molar-refractivity contribution is 4.63. The minimum Gasteiger partial charge on any atom is -0.378 e. The molecule has 0 saturated heterocycles. The smallest absolute Gasteiger partial charge is 0.0575 e. The van der Waals surface area contributed by atoms with Crippen LogP contribution in [-0.2, 0) is 4.74 Å². The summed E-state index contributed by atoms with van der Waals surface area (Å²) in [5.74, 6) is 0. The lowest BCUT2D eigenvalue weighted by Gasteiger charge is -2.14. The maximum Gasteiger partial charge on any atom is 0.0575 e. The van der Waals surface area contributed by atoms with Gasteiger partial charge in [-0.1, -0.05) is 25.7 Å². The van der Waals surface area contributed by atoms with Crippen LogP contribution in [0.2, 0.25) is 0 Å². The van der Waals surface area contributed by atoms with Crippen LogP contribution in [-0.4, -0.2) is 19.3 Å². The van der Waals surface area contributed by atoms with E-state index in [1.165, 1.54) is 51.4 Å². The van der Waals surface area contributed by atoms with Crippen LogP contribution in [0.4, 0.5) is 0 Å². The Balaban J connectivity index is 1.93. The molecule has 2 N–H and O–H groups in total. The van der Waals surface area contributed by atoms with Gasteiger partial charge in [0.15, 0.2) is 0 Å². The second-order valence-corrected chi connectivity index (χ2v) is 4.33. The van der Waals surface area contributed by atoms with Gasteiger partial charge in [0, 0.05) is 6.61 Å². The third-order valence-corrected chi connectivity index (χ3v) is 3.00. The summed E-state index contributed by atoms with van der Waals surface area (Å²) in [5.41, 5.74) is 5.43. The van der Waals surface area contributed by atoms with Crippen LogP contribution in [0.3, 0.4) is 0 Å². The van der Waals surface area contributed by atoms with Gasteiger partial charge in [0.1, 0.15) is 0 Å². The monoisotopic (exact) mass is 199 g/mol. The highest BCUT2D eigenvalue weighted by Crippen LogP contribution is 2.19. The van der Waals surface area contributed by atoms with Crippen LogP contribution in [0.1, 0.15) is 57.8 Å². The Morgan fingerprint density at radius 3 is 2.29 bits per heavy atom. The SMILES string of the molecule is NCCCCCOC1CCCCCC1. The van der Waals surface area contributed by atoms with Crippen LogP contribution in [0.5, 0.6) is 0 Å². The first-order valence-electron chi connectivity index (χ1n) is 6.25. The topological polar surface area (TPSA) is 35.2 Å². The third kappa shape index (κ3) is 5.61. The average Bonchev–Trinajstić information content (AvgIpc) is 2.46. The van der Waals surface area contributed by atoms with E-state index < -0.39 is 0 Å². The maximum atomic E-state index is 5.87. The molecule has 2 nitrogen and oxygen atoms in total. The van der Waals surface area contributed by atoms with E-state index in [1.54, 1.807) is 0 Å². The van der Waals surface area contributed by atoms with Gasteiger partial charge in [-0.25, -0.2) is 0 Å². The fourth-order valence-electron chi connectivity index (χ4n) is 2.08. The molecular formula is C12H25NO. The molecule has 0 heterocycles. The van der Waals surface area contributed by atoms with Crippen molar-refractivity contribution in [1.29, 1.82) is 0 Å². The maximum absolute atomic E-state index is 5.87. The van der Waals surface area contributed by atoms with E-state index in [-0.39, 0.29) is 0 Å². The van der Waals surface area contributed by atoms with Gasteiger partial charge in [-0.2, -0.15) is 0 Å². The number of hydrogen-bond donors (Lipinski definition) is 1. The van der Waals surface area contributed by atoms with E-state index in [9.17, 15) is 0 Å². The van der Waals surface area contributed by atoms with E-state index in [0.29, 0.717) is 6.10 Å². The van der Waals surface area contributed by atoms with Gasteiger partial charge in [-0.05, 0) is 38.6 Å². The van der Waals surface area contributed by atoms with Crippen molar-refractivity contribution in [3.8, 4) is 0 Å². The van der Waals surface area contributed by atoms with Crippen molar-refractivity contribution in [1.82, 2.24) is 0 Å². The summed E-state index contributed by atoms with van der Waals surface area (Å²) in [6.07, 6.45) is 12.3. The van der Waals surface area contributed by atoms with Crippen molar-refractivity contribution in [3.63, 3.8) is 0 Å². The number of unbranched alkanes of at least 4 members (excludes halogenated alkanes) is 2. The Morgan fingerprint density at radius 2 is 1.64 bits per heavy atom. The average molecular weight is 199 g/mol. The predicted molar refractivity (Wildman–Crippen MR) is 60.3 cm³/mol. The number of rotatable bonds is 6. The van der Waals surface area contributed by atoms with E-state index in [1.807, 2.05) is 0 Å². The molecule has 1 aliphatic carbocycles. The molecule has 84 valence electrons. The molecule has 1 rings (SSSR count). The van der Waals surface area contributed by atoms with Crippen molar-refractivity contribution in [2.24, 2.45) is 5.73 Å². The number of nitrogens with two attached hydrogens (primary N) is 1. The van der Waals surface area contributed by atoms with E-state index in [2.05, 4.69) is 0 Å². The van der Waals surface area contributed by atoms with E-state index >= 15 is 0 Å². The summed E-state index contributed by atoms with van der Waals surface area (Å²) in [6, 6.07) is 0. The standard InChI is InChI=1S/C12H25NO/c13-10-6-3-7-11-14-12-8-4-1-2-5-9-12/h12H,1-11,13H2. The zero-order valence-corrected chi connectivity index (χ0v) is 9.34. The van der Waals surface area contributed by atoms with Crippen LogP contribution >= 0.6 is 0 Å². The number of ether oxygens (including phenoxy) is 1. The van der Waals surface area contributed by atoms with Crippen LogP contribution in [0.15, 0.2) is 0 Å². The van der Waals surface area contributed by atoms with Crippen LogP contribution in [0, 0.1) is 0 Å². The first-order chi connectivity index (χ1) is 6.93. The van der Waals surface area contributed by atoms with Gasteiger partial charge in [-0.3, -0.25) is 0 Å². The zero-order chi connectivity index (χ0) is 10.1. The highest BCUT2D eigenvalue weighted by Gasteiger charge is 2.11. The van der Waals surface area contributed by atoms with E-state index in [0.717, 1.165) is 19.6 Å². The van der Waals surface area contributed by atoms with Gasteiger partial charge < -0.3 is 10.5 Å². The first-order valence-corrected chi connectivity index (χ1v) is 6.25. The largest absolute Gasteiger partial charge is 0.378 e. The molecular weight excluding hydrogens is 174 g/mol. The molecule has 0 atom stereocenters. The van der Waals surface area contributed by atoms with Crippen LogP contribution in [0.25, 0.3) is 0 Å². The lowest BCUT2D eigenvalue weighted by Crippen LogP contribution is -2.12. The molecule has 0 radical (unpaired) electrons. The second kappa shape index (κ2) is 8.25. The molecule has 0 aromatic rings. The first kappa shape index (κ1) is 12.0. The summed E-state index contributed by atoms with van der Waals surface area (Å²) in [4.78, 5) is 0. The second-order valence-electron chi connectivity index (χ2n) is 4.33. The molecule has 0 amide bonds. The summed E-state index contributed by atoms with van der Waals surface area (Å²) in [6.45, 7) is 1.77. The van der Waals surface area contributed by atoms with Gasteiger partial charge in [0.25, 0.3) is 0 Å². The quantitative estimate of drug-likeness (QED) is 0.527. The van der Waals surface area contributed by atoms with Crippen molar-refractivity contribution in [3.05, 3.63) is 0 Å². The van der Waals surface area contributed by atoms with Crippen LogP contribution < -0.4 is 5.73 Å². The molecule has 0 aliphatic heterocycles. The Bertz CT molecular complexity index is 119. The molecule has 1 fully saturated rings. The summed E-state index contributed by atoms with van der Waals surface area (Å²) in [5, 5.41) is 0. The Morgan fingerprint density at radius 1 is 0.929 bits per heavy atom. The highest BCUT2D eigenvalue weighted by atomic mass is 16.5. The molecule has 0 unspecified atom stereocenters. The van der Waals surface area contributed by atoms with Gasteiger partial charge in [0.2, 0.25) is 0 Å². The third-order valence-electron chi connectivity index (χ3n) is 3.00.